The highest BCUT2D eigenvalue weighted by Crippen LogP contribution is 2.21. The first kappa shape index (κ1) is 16.5. The monoisotopic (exact) mass is 355 g/mol. The van der Waals surface area contributed by atoms with Crippen molar-refractivity contribution in [2.45, 2.75) is 40.2 Å². The second-order valence-electron chi connectivity index (χ2n) is 6.56. The van der Waals surface area contributed by atoms with Crippen LogP contribution in [0.4, 0.5) is 5.69 Å². The van der Waals surface area contributed by atoms with Gasteiger partial charge in [0.25, 0.3) is 5.56 Å². The molecule has 0 bridgehead atoms. The summed E-state index contributed by atoms with van der Waals surface area (Å²) in [5.41, 5.74) is 0.987. The SMILES string of the molecule is CC1CCN(c2cnn(CC(CBr)C(C)C)c(=O)c2)CC1. The minimum Gasteiger partial charge on any atom is -0.370 e. The van der Waals surface area contributed by atoms with Gasteiger partial charge in [0.05, 0.1) is 11.9 Å². The fourth-order valence-corrected chi connectivity index (χ4v) is 3.61. The van der Waals surface area contributed by atoms with E-state index in [1.807, 2.05) is 6.20 Å². The van der Waals surface area contributed by atoms with E-state index in [4.69, 9.17) is 0 Å². The number of piperidine rings is 1. The van der Waals surface area contributed by atoms with E-state index in [1.165, 1.54) is 12.8 Å². The number of aromatic nitrogens is 2. The average Bonchev–Trinajstić information content (AvgIpc) is 2.46. The fraction of sp³-hybridized carbons (Fsp3) is 0.750. The number of rotatable bonds is 5. The summed E-state index contributed by atoms with van der Waals surface area (Å²) < 4.78 is 1.60. The zero-order chi connectivity index (χ0) is 15.4. The summed E-state index contributed by atoms with van der Waals surface area (Å²) in [6, 6.07) is 1.74. The Kier molecular flexibility index (Phi) is 5.85. The predicted molar refractivity (Wildman–Crippen MR) is 91.2 cm³/mol. The molecule has 1 fully saturated rings. The molecule has 0 aromatic carbocycles. The van der Waals surface area contributed by atoms with Gasteiger partial charge in [0.1, 0.15) is 0 Å². The Labute approximate surface area is 135 Å². The number of halogens is 1. The minimum atomic E-state index is 0.0118. The minimum absolute atomic E-state index is 0.0118. The molecule has 1 atom stereocenters. The van der Waals surface area contributed by atoms with Gasteiger partial charge in [-0.25, -0.2) is 4.68 Å². The van der Waals surface area contributed by atoms with Crippen molar-refractivity contribution in [3.05, 3.63) is 22.6 Å². The van der Waals surface area contributed by atoms with E-state index < -0.39 is 0 Å². The maximum absolute atomic E-state index is 12.3. The molecule has 1 aliphatic rings. The highest BCUT2D eigenvalue weighted by Gasteiger charge is 2.18. The highest BCUT2D eigenvalue weighted by molar-refractivity contribution is 9.09. The summed E-state index contributed by atoms with van der Waals surface area (Å²) >= 11 is 3.53. The van der Waals surface area contributed by atoms with Gasteiger partial charge in [-0.05, 0) is 30.6 Å². The first-order chi connectivity index (χ1) is 10.0. The third-order valence-electron chi connectivity index (χ3n) is 4.55. The highest BCUT2D eigenvalue weighted by atomic mass is 79.9. The van der Waals surface area contributed by atoms with Crippen LogP contribution < -0.4 is 10.5 Å². The van der Waals surface area contributed by atoms with Gasteiger partial charge < -0.3 is 4.90 Å². The third kappa shape index (κ3) is 4.31. The molecule has 0 amide bonds. The molecule has 1 aliphatic heterocycles. The third-order valence-corrected chi connectivity index (χ3v) is 5.38. The first-order valence-electron chi connectivity index (χ1n) is 7.89. The van der Waals surface area contributed by atoms with Crippen LogP contribution in [0, 0.1) is 17.8 Å². The average molecular weight is 356 g/mol. The van der Waals surface area contributed by atoms with Crippen molar-refractivity contribution in [3.8, 4) is 0 Å². The predicted octanol–water partition coefficient (Wildman–Crippen LogP) is 3.15. The Bertz CT molecular complexity index is 506. The largest absolute Gasteiger partial charge is 0.370 e. The summed E-state index contributed by atoms with van der Waals surface area (Å²) in [6.07, 6.45) is 4.24. The standard InChI is InChI=1S/C16H26BrN3O/c1-12(2)14(9-17)11-20-16(21)8-15(10-18-20)19-6-4-13(3)5-7-19/h8,10,12-14H,4-7,9,11H2,1-3H3. The quantitative estimate of drug-likeness (QED) is 0.761. The number of alkyl halides is 1. The molecule has 0 radical (unpaired) electrons. The molecule has 1 saturated heterocycles. The van der Waals surface area contributed by atoms with Gasteiger partial charge in [-0.1, -0.05) is 36.7 Å². The molecular formula is C16H26BrN3O. The second kappa shape index (κ2) is 7.43. The van der Waals surface area contributed by atoms with Crippen molar-refractivity contribution in [2.24, 2.45) is 17.8 Å². The van der Waals surface area contributed by atoms with E-state index >= 15 is 0 Å². The van der Waals surface area contributed by atoms with Crippen LogP contribution in [0.1, 0.15) is 33.6 Å². The van der Waals surface area contributed by atoms with Gasteiger partial charge in [-0.2, -0.15) is 5.10 Å². The van der Waals surface area contributed by atoms with Crippen LogP contribution in [0.2, 0.25) is 0 Å². The lowest BCUT2D eigenvalue weighted by molar-refractivity contribution is 0.348. The van der Waals surface area contributed by atoms with E-state index in [-0.39, 0.29) is 5.56 Å². The summed E-state index contributed by atoms with van der Waals surface area (Å²) in [5, 5.41) is 5.28. The summed E-state index contributed by atoms with van der Waals surface area (Å²) in [6.45, 7) is 9.39. The van der Waals surface area contributed by atoms with Crippen molar-refractivity contribution < 1.29 is 0 Å². The molecule has 1 aromatic rings. The number of nitrogens with zero attached hydrogens (tertiary/aromatic N) is 3. The molecule has 0 aliphatic carbocycles. The Morgan fingerprint density at radius 1 is 1.38 bits per heavy atom. The molecule has 0 N–H and O–H groups in total. The zero-order valence-corrected chi connectivity index (χ0v) is 14.8. The van der Waals surface area contributed by atoms with Crippen LogP contribution in [-0.4, -0.2) is 28.2 Å². The second-order valence-corrected chi connectivity index (χ2v) is 7.21. The number of hydrogen-bond donors (Lipinski definition) is 0. The molecule has 0 spiro atoms. The molecular weight excluding hydrogens is 330 g/mol. The van der Waals surface area contributed by atoms with E-state index in [0.29, 0.717) is 18.4 Å². The lowest BCUT2D eigenvalue weighted by atomic mass is 9.98. The van der Waals surface area contributed by atoms with E-state index in [2.05, 4.69) is 46.7 Å². The Morgan fingerprint density at radius 2 is 2.05 bits per heavy atom. The molecule has 1 aromatic heterocycles. The Hall–Kier alpha value is -0.840. The number of hydrogen-bond acceptors (Lipinski definition) is 3. The molecule has 118 valence electrons. The molecule has 2 rings (SSSR count). The molecule has 1 unspecified atom stereocenters. The lowest BCUT2D eigenvalue weighted by Crippen LogP contribution is -2.35. The van der Waals surface area contributed by atoms with Gasteiger partial charge in [0, 0.05) is 31.0 Å². The van der Waals surface area contributed by atoms with Gasteiger partial charge in [0.15, 0.2) is 0 Å². The van der Waals surface area contributed by atoms with Crippen molar-refractivity contribution in [2.75, 3.05) is 23.3 Å². The van der Waals surface area contributed by atoms with Crippen LogP contribution >= 0.6 is 15.9 Å². The first-order valence-corrected chi connectivity index (χ1v) is 9.01. The fourth-order valence-electron chi connectivity index (χ4n) is 2.66. The topological polar surface area (TPSA) is 38.1 Å². The zero-order valence-electron chi connectivity index (χ0n) is 13.3. The Morgan fingerprint density at radius 3 is 2.57 bits per heavy atom. The molecule has 5 heteroatoms. The lowest BCUT2D eigenvalue weighted by Gasteiger charge is -2.31. The maximum Gasteiger partial charge on any atom is 0.268 e. The van der Waals surface area contributed by atoms with Crippen LogP contribution in [0.5, 0.6) is 0 Å². The molecule has 2 heterocycles. The Balaban J connectivity index is 2.09. The van der Waals surface area contributed by atoms with Crippen molar-refractivity contribution in [1.29, 1.82) is 0 Å². The smallest absolute Gasteiger partial charge is 0.268 e. The number of anilines is 1. The summed E-state index contributed by atoms with van der Waals surface area (Å²) in [5.74, 6) is 1.75. The van der Waals surface area contributed by atoms with Gasteiger partial charge >= 0.3 is 0 Å². The molecule has 4 nitrogen and oxygen atoms in total. The van der Waals surface area contributed by atoms with Crippen molar-refractivity contribution in [3.63, 3.8) is 0 Å². The van der Waals surface area contributed by atoms with Crippen LogP contribution in [0.3, 0.4) is 0 Å². The van der Waals surface area contributed by atoms with Crippen LogP contribution in [-0.2, 0) is 6.54 Å². The van der Waals surface area contributed by atoms with Gasteiger partial charge in [0.2, 0.25) is 0 Å². The maximum atomic E-state index is 12.3. The van der Waals surface area contributed by atoms with Crippen LogP contribution in [0.15, 0.2) is 17.1 Å². The van der Waals surface area contributed by atoms with Gasteiger partial charge in [-0.3, -0.25) is 4.79 Å². The summed E-state index contributed by atoms with van der Waals surface area (Å²) in [7, 11) is 0. The van der Waals surface area contributed by atoms with Crippen molar-refractivity contribution >= 4 is 21.6 Å². The van der Waals surface area contributed by atoms with Gasteiger partial charge in [-0.15, -0.1) is 0 Å². The molecule has 21 heavy (non-hydrogen) atoms. The summed E-state index contributed by atoms with van der Waals surface area (Å²) in [4.78, 5) is 14.6. The van der Waals surface area contributed by atoms with Crippen molar-refractivity contribution in [1.82, 2.24) is 9.78 Å². The normalized spacial score (nSPS) is 18.2. The van der Waals surface area contributed by atoms with Crippen LogP contribution in [0.25, 0.3) is 0 Å². The van der Waals surface area contributed by atoms with E-state index in [0.717, 1.165) is 30.0 Å². The van der Waals surface area contributed by atoms with E-state index in [9.17, 15) is 4.79 Å². The molecule has 0 saturated carbocycles. The van der Waals surface area contributed by atoms with E-state index in [1.54, 1.807) is 10.7 Å².